The summed E-state index contributed by atoms with van der Waals surface area (Å²) < 4.78 is 38.1. The van der Waals surface area contributed by atoms with Gasteiger partial charge in [0.15, 0.2) is 0 Å². The Morgan fingerprint density at radius 2 is 1.40 bits per heavy atom. The lowest BCUT2D eigenvalue weighted by atomic mass is 10.2. The highest BCUT2D eigenvalue weighted by Gasteiger charge is 2.48. The fourth-order valence-electron chi connectivity index (χ4n) is 2.54. The first-order valence-corrected chi connectivity index (χ1v) is 7.68. The van der Waals surface area contributed by atoms with Crippen molar-refractivity contribution in [3.05, 3.63) is 60.2 Å². The van der Waals surface area contributed by atoms with Gasteiger partial charge in [-0.1, -0.05) is 24.3 Å². The molecule has 0 aromatic heterocycles. The summed E-state index contributed by atoms with van der Waals surface area (Å²) in [5.41, 5.74) is -0.134. The van der Waals surface area contributed by atoms with E-state index >= 15 is 0 Å². The van der Waals surface area contributed by atoms with Gasteiger partial charge in [-0.25, -0.2) is 0 Å². The minimum absolute atomic E-state index is 0.0638. The van der Waals surface area contributed by atoms with Gasteiger partial charge in [-0.05, 0) is 36.8 Å². The number of nitrogens with one attached hydrogen (secondary N) is 2. The molecule has 0 bridgehead atoms. The van der Waals surface area contributed by atoms with Crippen LogP contribution in [-0.4, -0.2) is 11.8 Å². The van der Waals surface area contributed by atoms with E-state index in [4.69, 9.17) is 0 Å². The molecule has 2 N–H and O–H groups in total. The Balaban J connectivity index is 1.58. The van der Waals surface area contributed by atoms with E-state index < -0.39 is 29.5 Å². The Morgan fingerprint density at radius 1 is 0.840 bits per heavy atom. The van der Waals surface area contributed by atoms with Crippen LogP contribution >= 0.6 is 0 Å². The molecule has 0 saturated heterocycles. The van der Waals surface area contributed by atoms with E-state index in [1.165, 1.54) is 12.1 Å². The number of halogens is 3. The van der Waals surface area contributed by atoms with Gasteiger partial charge in [0.05, 0.1) is 17.4 Å². The first kappa shape index (κ1) is 17.0. The highest BCUT2D eigenvalue weighted by molar-refractivity contribution is 6.03. The highest BCUT2D eigenvalue weighted by atomic mass is 19.4. The molecule has 1 aliphatic carbocycles. The lowest BCUT2D eigenvalue weighted by molar-refractivity contribution is -0.137. The van der Waals surface area contributed by atoms with E-state index in [9.17, 15) is 22.8 Å². The van der Waals surface area contributed by atoms with Gasteiger partial charge in [-0.3, -0.25) is 9.59 Å². The predicted octanol–water partition coefficient (Wildman–Crippen LogP) is 3.92. The van der Waals surface area contributed by atoms with Gasteiger partial charge in [0, 0.05) is 11.4 Å². The van der Waals surface area contributed by atoms with Gasteiger partial charge in [-0.15, -0.1) is 0 Å². The molecule has 2 amide bonds. The van der Waals surface area contributed by atoms with Crippen LogP contribution in [0.15, 0.2) is 54.6 Å². The first-order chi connectivity index (χ1) is 11.8. The largest absolute Gasteiger partial charge is 0.416 e. The molecular weight excluding hydrogens is 333 g/mol. The molecule has 1 fully saturated rings. The van der Waals surface area contributed by atoms with Gasteiger partial charge < -0.3 is 10.6 Å². The van der Waals surface area contributed by atoms with Crippen molar-refractivity contribution in [1.82, 2.24) is 0 Å². The summed E-state index contributed by atoms with van der Waals surface area (Å²) in [5.74, 6) is -1.72. The van der Waals surface area contributed by atoms with Crippen molar-refractivity contribution in [3.8, 4) is 0 Å². The molecule has 7 heteroatoms. The van der Waals surface area contributed by atoms with Crippen molar-refractivity contribution in [2.75, 3.05) is 10.6 Å². The van der Waals surface area contributed by atoms with E-state index in [0.29, 0.717) is 12.1 Å². The van der Waals surface area contributed by atoms with Crippen LogP contribution in [0.25, 0.3) is 0 Å². The molecule has 1 aliphatic rings. The number of amides is 2. The molecule has 3 rings (SSSR count). The molecule has 25 heavy (non-hydrogen) atoms. The summed E-state index contributed by atoms with van der Waals surface area (Å²) in [7, 11) is 0. The number of carbonyl (C=O) groups excluding carboxylic acids is 2. The van der Waals surface area contributed by atoms with E-state index in [1.807, 2.05) is 6.07 Å². The zero-order chi connectivity index (χ0) is 18.0. The van der Waals surface area contributed by atoms with E-state index in [2.05, 4.69) is 10.6 Å². The standard InChI is InChI=1S/C18H15F3N2O2/c19-18(20,21)11-5-4-8-13(9-11)23-17(25)15-10-14(15)16(24)22-12-6-2-1-3-7-12/h1-9,14-15H,10H2,(H,22,24)(H,23,25). The number of para-hydroxylation sites is 1. The number of hydrogen-bond acceptors (Lipinski definition) is 2. The Hall–Kier alpha value is -2.83. The number of hydrogen-bond donors (Lipinski definition) is 2. The van der Waals surface area contributed by atoms with Crippen LogP contribution in [0.3, 0.4) is 0 Å². The summed E-state index contributed by atoms with van der Waals surface area (Å²) in [4.78, 5) is 24.2. The monoisotopic (exact) mass is 348 g/mol. The zero-order valence-corrected chi connectivity index (χ0v) is 13.0. The number of rotatable bonds is 4. The van der Waals surface area contributed by atoms with E-state index in [-0.39, 0.29) is 11.6 Å². The van der Waals surface area contributed by atoms with Gasteiger partial charge in [0.1, 0.15) is 0 Å². The molecule has 2 unspecified atom stereocenters. The highest BCUT2D eigenvalue weighted by Crippen LogP contribution is 2.40. The van der Waals surface area contributed by atoms with Crippen molar-refractivity contribution < 1.29 is 22.8 Å². The van der Waals surface area contributed by atoms with Crippen molar-refractivity contribution >= 4 is 23.2 Å². The predicted molar refractivity (Wildman–Crippen MR) is 86.7 cm³/mol. The van der Waals surface area contributed by atoms with Gasteiger partial charge in [-0.2, -0.15) is 13.2 Å². The average Bonchev–Trinajstić information content (AvgIpc) is 3.36. The van der Waals surface area contributed by atoms with Crippen LogP contribution in [0, 0.1) is 11.8 Å². The Kier molecular flexibility index (Phi) is 4.48. The van der Waals surface area contributed by atoms with E-state index in [1.54, 1.807) is 24.3 Å². The van der Waals surface area contributed by atoms with Crippen molar-refractivity contribution in [1.29, 1.82) is 0 Å². The molecule has 2 atom stereocenters. The molecule has 4 nitrogen and oxygen atoms in total. The summed E-state index contributed by atoms with van der Waals surface area (Å²) in [6.45, 7) is 0. The maximum Gasteiger partial charge on any atom is 0.416 e. The number of alkyl halides is 3. The minimum atomic E-state index is -4.47. The second kappa shape index (κ2) is 6.58. The molecule has 0 spiro atoms. The molecule has 0 heterocycles. The van der Waals surface area contributed by atoms with Gasteiger partial charge >= 0.3 is 6.18 Å². The summed E-state index contributed by atoms with van der Waals surface area (Å²) in [6.07, 6.45) is -4.10. The number of anilines is 2. The third-order valence-corrected chi connectivity index (χ3v) is 3.96. The topological polar surface area (TPSA) is 58.2 Å². The lowest BCUT2D eigenvalue weighted by Crippen LogP contribution is -2.20. The maximum atomic E-state index is 12.7. The second-order valence-electron chi connectivity index (χ2n) is 5.87. The Morgan fingerprint density at radius 3 is 2.00 bits per heavy atom. The summed E-state index contributed by atoms with van der Waals surface area (Å²) in [5, 5.41) is 5.16. The molecule has 0 radical (unpaired) electrons. The Labute approximate surface area is 142 Å². The minimum Gasteiger partial charge on any atom is -0.326 e. The maximum absolute atomic E-state index is 12.7. The summed E-state index contributed by atoms with van der Waals surface area (Å²) in [6, 6.07) is 13.3. The number of carbonyl (C=O) groups is 2. The normalized spacial score (nSPS) is 19.2. The Bertz CT molecular complexity index is 790. The van der Waals surface area contributed by atoms with Gasteiger partial charge in [0.25, 0.3) is 0 Å². The third-order valence-electron chi connectivity index (χ3n) is 3.96. The molecule has 0 aliphatic heterocycles. The molecule has 1 saturated carbocycles. The van der Waals surface area contributed by atoms with E-state index in [0.717, 1.165) is 12.1 Å². The van der Waals surface area contributed by atoms with Crippen LogP contribution in [0.4, 0.5) is 24.5 Å². The smallest absolute Gasteiger partial charge is 0.326 e. The second-order valence-corrected chi connectivity index (χ2v) is 5.87. The summed E-state index contributed by atoms with van der Waals surface area (Å²) >= 11 is 0. The lowest BCUT2D eigenvalue weighted by Gasteiger charge is -2.10. The fourth-order valence-corrected chi connectivity index (χ4v) is 2.54. The van der Waals surface area contributed by atoms with Crippen LogP contribution in [-0.2, 0) is 15.8 Å². The van der Waals surface area contributed by atoms with Crippen LogP contribution in [0.5, 0.6) is 0 Å². The number of benzene rings is 2. The molecule has 2 aromatic rings. The quantitative estimate of drug-likeness (QED) is 0.880. The van der Waals surface area contributed by atoms with Crippen LogP contribution in [0.2, 0.25) is 0 Å². The third kappa shape index (κ3) is 4.17. The van der Waals surface area contributed by atoms with Crippen molar-refractivity contribution in [2.45, 2.75) is 12.6 Å². The fraction of sp³-hybridized carbons (Fsp3) is 0.222. The van der Waals surface area contributed by atoms with Gasteiger partial charge in [0.2, 0.25) is 11.8 Å². The molecule has 2 aromatic carbocycles. The van der Waals surface area contributed by atoms with Crippen LogP contribution < -0.4 is 10.6 Å². The SMILES string of the molecule is O=C(Nc1ccccc1)C1CC1C(=O)Nc1cccc(C(F)(F)F)c1. The van der Waals surface area contributed by atoms with Crippen molar-refractivity contribution in [2.24, 2.45) is 11.8 Å². The zero-order valence-electron chi connectivity index (χ0n) is 13.0. The van der Waals surface area contributed by atoms with Crippen molar-refractivity contribution in [3.63, 3.8) is 0 Å². The molecular formula is C18H15F3N2O2. The van der Waals surface area contributed by atoms with Crippen LogP contribution in [0.1, 0.15) is 12.0 Å². The molecule has 130 valence electrons. The average molecular weight is 348 g/mol. The first-order valence-electron chi connectivity index (χ1n) is 7.68.